The van der Waals surface area contributed by atoms with Crippen molar-refractivity contribution >= 4 is 41.1 Å². The van der Waals surface area contributed by atoms with E-state index in [9.17, 15) is 14.4 Å². The third-order valence-corrected chi connectivity index (χ3v) is 7.37. The Balaban J connectivity index is 1.87. The molecule has 0 bridgehead atoms. The highest BCUT2D eigenvalue weighted by molar-refractivity contribution is 7.98. The fourth-order valence-corrected chi connectivity index (χ4v) is 5.40. The van der Waals surface area contributed by atoms with Crippen LogP contribution < -0.4 is 14.9 Å². The zero-order valence-corrected chi connectivity index (χ0v) is 22.2. The number of thioether (sulfide) groups is 1. The van der Waals surface area contributed by atoms with Crippen LogP contribution >= 0.6 is 23.1 Å². The van der Waals surface area contributed by atoms with Crippen LogP contribution in [-0.4, -0.2) is 36.0 Å². The van der Waals surface area contributed by atoms with Gasteiger partial charge in [0.05, 0.1) is 40.6 Å². The van der Waals surface area contributed by atoms with Crippen molar-refractivity contribution in [2.75, 3.05) is 13.4 Å². The zero-order chi connectivity index (χ0) is 26.0. The maximum atomic E-state index is 13.7. The predicted octanol–water partition coefficient (Wildman–Crippen LogP) is 3.70. The lowest BCUT2D eigenvalue weighted by atomic mass is 9.96. The molecule has 0 saturated heterocycles. The molecule has 1 aliphatic rings. The molecule has 0 fully saturated rings. The molecule has 0 N–H and O–H groups in total. The molecule has 0 unspecified atom stereocenters. The largest absolute Gasteiger partial charge is 0.465 e. The van der Waals surface area contributed by atoms with Gasteiger partial charge in [-0.25, -0.2) is 14.6 Å². The molecule has 2 heterocycles. The van der Waals surface area contributed by atoms with Crippen LogP contribution in [0, 0.1) is 0 Å². The molecule has 1 aliphatic heterocycles. The predicted molar refractivity (Wildman–Crippen MR) is 141 cm³/mol. The molecule has 3 aromatic rings. The monoisotopic (exact) mass is 522 g/mol. The fourth-order valence-electron chi connectivity index (χ4n) is 3.95. The molecule has 9 heteroatoms. The summed E-state index contributed by atoms with van der Waals surface area (Å²) in [7, 11) is 1.33. The molecule has 0 spiro atoms. The van der Waals surface area contributed by atoms with Crippen LogP contribution in [-0.2, 0) is 14.3 Å². The van der Waals surface area contributed by atoms with Crippen molar-refractivity contribution in [1.82, 2.24) is 4.57 Å². The Hall–Kier alpha value is -3.43. The van der Waals surface area contributed by atoms with E-state index in [0.29, 0.717) is 26.2 Å². The Kier molecular flexibility index (Phi) is 7.61. The summed E-state index contributed by atoms with van der Waals surface area (Å²) in [5, 5.41) is 0. The molecule has 4 rings (SSSR count). The van der Waals surface area contributed by atoms with E-state index in [2.05, 4.69) is 4.99 Å². The molecule has 1 atom stereocenters. The highest BCUT2D eigenvalue weighted by atomic mass is 32.2. The van der Waals surface area contributed by atoms with Crippen molar-refractivity contribution in [2.45, 2.75) is 37.8 Å². The van der Waals surface area contributed by atoms with Gasteiger partial charge in [-0.1, -0.05) is 35.6 Å². The third-order valence-electron chi connectivity index (χ3n) is 5.65. The van der Waals surface area contributed by atoms with Crippen molar-refractivity contribution in [3.05, 3.63) is 96.2 Å². The second-order valence-corrected chi connectivity index (χ2v) is 10.3. The summed E-state index contributed by atoms with van der Waals surface area (Å²) in [6.45, 7) is 5.34. The summed E-state index contributed by atoms with van der Waals surface area (Å²) >= 11 is 2.87. The summed E-state index contributed by atoms with van der Waals surface area (Å²) in [6, 6.07) is 13.9. The van der Waals surface area contributed by atoms with Gasteiger partial charge in [0.15, 0.2) is 4.80 Å². The van der Waals surface area contributed by atoms with Crippen LogP contribution in [0.15, 0.2) is 74.5 Å². The van der Waals surface area contributed by atoms with E-state index in [0.717, 1.165) is 16.0 Å². The number of hydrogen-bond donors (Lipinski definition) is 0. The molecule has 0 radical (unpaired) electrons. The fraction of sp³-hybridized carbons (Fsp3) is 0.259. The first kappa shape index (κ1) is 25.7. The standard InChI is InChI=1S/C27H26N2O5S2/c1-15(2)34-26(32)22-16(3)28-27-29(23(22)18-10-12-20(35-5)13-11-18)24(30)21(36-27)14-17-6-8-19(9-7-17)25(31)33-4/h6-15,23H,1-5H3/b21-14-/t23-/m1/s1. The Bertz CT molecular complexity index is 1510. The van der Waals surface area contributed by atoms with Gasteiger partial charge in [-0.2, -0.15) is 0 Å². The smallest absolute Gasteiger partial charge is 0.338 e. The highest BCUT2D eigenvalue weighted by Gasteiger charge is 2.33. The van der Waals surface area contributed by atoms with E-state index in [1.54, 1.807) is 67.4 Å². The first-order valence-corrected chi connectivity index (χ1v) is 13.3. The van der Waals surface area contributed by atoms with Gasteiger partial charge in [0, 0.05) is 4.90 Å². The number of carbonyl (C=O) groups is 2. The number of hydrogen-bond acceptors (Lipinski definition) is 8. The van der Waals surface area contributed by atoms with Gasteiger partial charge in [-0.3, -0.25) is 9.36 Å². The molecule has 0 aliphatic carbocycles. The number of carbonyl (C=O) groups excluding carboxylic acids is 2. The van der Waals surface area contributed by atoms with Crippen LogP contribution in [0.1, 0.15) is 48.3 Å². The van der Waals surface area contributed by atoms with Crippen molar-refractivity contribution in [3.63, 3.8) is 0 Å². The number of allylic oxidation sites excluding steroid dienone is 1. The minimum absolute atomic E-state index is 0.253. The molecule has 0 saturated carbocycles. The third kappa shape index (κ3) is 5.08. The lowest BCUT2D eigenvalue weighted by molar-refractivity contribution is -0.143. The number of thiazole rings is 1. The Morgan fingerprint density at radius 3 is 2.33 bits per heavy atom. The summed E-state index contributed by atoms with van der Waals surface area (Å²) in [5.74, 6) is -0.914. The van der Waals surface area contributed by atoms with Crippen molar-refractivity contribution < 1.29 is 19.1 Å². The van der Waals surface area contributed by atoms with Crippen molar-refractivity contribution in [2.24, 2.45) is 4.99 Å². The van der Waals surface area contributed by atoms with Gasteiger partial charge in [-0.05, 0) is 68.5 Å². The topological polar surface area (TPSA) is 87.0 Å². The second-order valence-electron chi connectivity index (χ2n) is 8.42. The van der Waals surface area contributed by atoms with Gasteiger partial charge >= 0.3 is 11.9 Å². The van der Waals surface area contributed by atoms with Gasteiger partial charge in [0.25, 0.3) is 5.56 Å². The average Bonchev–Trinajstić information content (AvgIpc) is 3.16. The second kappa shape index (κ2) is 10.7. The Labute approximate surface area is 216 Å². The first-order chi connectivity index (χ1) is 17.2. The molecule has 186 valence electrons. The van der Waals surface area contributed by atoms with Crippen LogP contribution in [0.2, 0.25) is 0 Å². The Morgan fingerprint density at radius 1 is 1.08 bits per heavy atom. The molecule has 1 aromatic heterocycles. The van der Waals surface area contributed by atoms with Crippen molar-refractivity contribution in [3.8, 4) is 0 Å². The number of methoxy groups -OCH3 is 1. The van der Waals surface area contributed by atoms with Gasteiger partial charge in [0.2, 0.25) is 0 Å². The maximum absolute atomic E-state index is 13.7. The molecule has 36 heavy (non-hydrogen) atoms. The van der Waals surface area contributed by atoms with Crippen LogP contribution in [0.3, 0.4) is 0 Å². The molecular formula is C27H26N2O5S2. The quantitative estimate of drug-likeness (QED) is 0.363. The van der Waals surface area contributed by atoms with E-state index in [-0.39, 0.29) is 11.7 Å². The van der Waals surface area contributed by atoms with E-state index in [1.807, 2.05) is 30.5 Å². The SMILES string of the molecule is COC(=O)c1ccc(/C=c2\sc3n(c2=O)[C@H](c2ccc(SC)cc2)C(C(=O)OC(C)C)=C(C)N=3)cc1. The number of ether oxygens (including phenoxy) is 2. The zero-order valence-electron chi connectivity index (χ0n) is 20.6. The van der Waals surface area contributed by atoms with Gasteiger partial charge < -0.3 is 9.47 Å². The van der Waals surface area contributed by atoms with E-state index < -0.39 is 18.0 Å². The molecule has 7 nitrogen and oxygen atoms in total. The van der Waals surface area contributed by atoms with E-state index >= 15 is 0 Å². The van der Waals surface area contributed by atoms with E-state index in [1.165, 1.54) is 18.4 Å². The number of aromatic nitrogens is 1. The summed E-state index contributed by atoms with van der Waals surface area (Å²) < 4.78 is 12.3. The van der Waals surface area contributed by atoms with Gasteiger partial charge in [0.1, 0.15) is 0 Å². The van der Waals surface area contributed by atoms with Crippen LogP contribution in [0.5, 0.6) is 0 Å². The minimum atomic E-state index is -0.660. The van der Waals surface area contributed by atoms with Crippen LogP contribution in [0.25, 0.3) is 6.08 Å². The van der Waals surface area contributed by atoms with Crippen LogP contribution in [0.4, 0.5) is 0 Å². The van der Waals surface area contributed by atoms with Crippen molar-refractivity contribution in [1.29, 1.82) is 0 Å². The molecule has 0 amide bonds. The number of rotatable bonds is 6. The maximum Gasteiger partial charge on any atom is 0.338 e. The summed E-state index contributed by atoms with van der Waals surface area (Å²) in [6.07, 6.45) is 3.44. The number of esters is 2. The highest BCUT2D eigenvalue weighted by Crippen LogP contribution is 2.32. The normalized spacial score (nSPS) is 15.5. The lowest BCUT2D eigenvalue weighted by Gasteiger charge is -2.25. The number of fused-ring (bicyclic) bond motifs is 1. The number of nitrogens with zero attached hydrogens (tertiary/aromatic N) is 2. The Morgan fingerprint density at radius 2 is 1.75 bits per heavy atom. The molecular weight excluding hydrogens is 496 g/mol. The summed E-state index contributed by atoms with van der Waals surface area (Å²) in [4.78, 5) is 44.7. The average molecular weight is 523 g/mol. The molecule has 2 aromatic carbocycles. The first-order valence-electron chi connectivity index (χ1n) is 11.3. The van der Waals surface area contributed by atoms with Gasteiger partial charge in [-0.15, -0.1) is 11.8 Å². The minimum Gasteiger partial charge on any atom is -0.465 e. The summed E-state index contributed by atoms with van der Waals surface area (Å²) in [5.41, 5.74) is 2.60. The lowest BCUT2D eigenvalue weighted by Crippen LogP contribution is -2.40. The van der Waals surface area contributed by atoms with E-state index in [4.69, 9.17) is 9.47 Å². The number of benzene rings is 2.